The van der Waals surface area contributed by atoms with Crippen molar-refractivity contribution in [1.29, 1.82) is 0 Å². The van der Waals surface area contributed by atoms with Crippen LogP contribution in [-0.4, -0.2) is 29.8 Å². The maximum atomic E-state index is 10.9. The quantitative estimate of drug-likeness (QED) is 0.780. The lowest BCUT2D eigenvalue weighted by Crippen LogP contribution is -2.43. The highest BCUT2D eigenvalue weighted by molar-refractivity contribution is 5.87. The second-order valence-corrected chi connectivity index (χ2v) is 4.88. The van der Waals surface area contributed by atoms with Crippen LogP contribution in [0.15, 0.2) is 24.3 Å². The Hall–Kier alpha value is -1.39. The topological polar surface area (TPSA) is 58.6 Å². The van der Waals surface area contributed by atoms with Gasteiger partial charge in [0.05, 0.1) is 12.2 Å². The largest absolute Gasteiger partial charge is 0.478 e. The molecule has 0 saturated heterocycles. The van der Waals surface area contributed by atoms with Crippen molar-refractivity contribution in [3.05, 3.63) is 35.4 Å². The SMILES string of the molecule is CCOCC(C)(C)NCc1cccc(C(=O)O)c1. The maximum Gasteiger partial charge on any atom is 0.335 e. The molecule has 2 N–H and O–H groups in total. The molecule has 0 unspecified atom stereocenters. The Kier molecular flexibility index (Phi) is 5.31. The summed E-state index contributed by atoms with van der Waals surface area (Å²) < 4.78 is 5.39. The summed E-state index contributed by atoms with van der Waals surface area (Å²) in [4.78, 5) is 10.9. The first kappa shape index (κ1) is 14.7. The molecule has 0 aliphatic heterocycles. The summed E-state index contributed by atoms with van der Waals surface area (Å²) in [6, 6.07) is 6.95. The first-order valence-electron chi connectivity index (χ1n) is 6.09. The molecule has 0 radical (unpaired) electrons. The highest BCUT2D eigenvalue weighted by atomic mass is 16.5. The van der Waals surface area contributed by atoms with Crippen molar-refractivity contribution in [3.8, 4) is 0 Å². The lowest BCUT2D eigenvalue weighted by molar-refractivity contribution is 0.0696. The molecule has 0 fully saturated rings. The molecule has 0 aromatic heterocycles. The molecule has 100 valence electrons. The fraction of sp³-hybridized carbons (Fsp3) is 0.500. The van der Waals surface area contributed by atoms with E-state index >= 15 is 0 Å². The Morgan fingerprint density at radius 2 is 2.17 bits per heavy atom. The number of benzene rings is 1. The van der Waals surface area contributed by atoms with Crippen LogP contribution < -0.4 is 5.32 Å². The van der Waals surface area contributed by atoms with Gasteiger partial charge in [-0.1, -0.05) is 12.1 Å². The minimum absolute atomic E-state index is 0.130. The van der Waals surface area contributed by atoms with E-state index in [2.05, 4.69) is 19.2 Å². The molecule has 1 aromatic rings. The van der Waals surface area contributed by atoms with E-state index in [9.17, 15) is 4.79 Å². The molecule has 0 aliphatic carbocycles. The van der Waals surface area contributed by atoms with Crippen LogP contribution in [0.1, 0.15) is 36.7 Å². The van der Waals surface area contributed by atoms with Crippen LogP contribution in [0.5, 0.6) is 0 Å². The van der Waals surface area contributed by atoms with Gasteiger partial charge in [-0.05, 0) is 38.5 Å². The van der Waals surface area contributed by atoms with Gasteiger partial charge in [-0.15, -0.1) is 0 Å². The van der Waals surface area contributed by atoms with Crippen molar-refractivity contribution in [2.24, 2.45) is 0 Å². The fourth-order valence-electron chi connectivity index (χ4n) is 1.56. The molecule has 1 rings (SSSR count). The molecule has 0 spiro atoms. The van der Waals surface area contributed by atoms with Crippen LogP contribution in [0.25, 0.3) is 0 Å². The highest BCUT2D eigenvalue weighted by Crippen LogP contribution is 2.08. The molecule has 0 bridgehead atoms. The van der Waals surface area contributed by atoms with E-state index in [1.54, 1.807) is 18.2 Å². The van der Waals surface area contributed by atoms with E-state index in [1.165, 1.54) is 0 Å². The van der Waals surface area contributed by atoms with Gasteiger partial charge in [-0.2, -0.15) is 0 Å². The van der Waals surface area contributed by atoms with Crippen molar-refractivity contribution in [1.82, 2.24) is 5.32 Å². The maximum absolute atomic E-state index is 10.9. The van der Waals surface area contributed by atoms with Gasteiger partial charge in [0.15, 0.2) is 0 Å². The Balaban J connectivity index is 2.57. The van der Waals surface area contributed by atoms with Crippen molar-refractivity contribution < 1.29 is 14.6 Å². The number of carboxylic acid groups (broad SMARTS) is 1. The van der Waals surface area contributed by atoms with E-state index < -0.39 is 5.97 Å². The number of rotatable bonds is 7. The molecule has 0 atom stereocenters. The Bertz CT molecular complexity index is 402. The predicted octanol–water partition coefficient (Wildman–Crippen LogP) is 2.29. The molecule has 0 saturated carbocycles. The van der Waals surface area contributed by atoms with Gasteiger partial charge in [0.25, 0.3) is 0 Å². The zero-order chi connectivity index (χ0) is 13.6. The fourth-order valence-corrected chi connectivity index (χ4v) is 1.56. The number of carbonyl (C=O) groups is 1. The molecule has 0 heterocycles. The van der Waals surface area contributed by atoms with E-state index in [-0.39, 0.29) is 5.54 Å². The Labute approximate surface area is 108 Å². The molecule has 0 aliphatic rings. The number of nitrogens with one attached hydrogen (secondary N) is 1. The van der Waals surface area contributed by atoms with E-state index in [4.69, 9.17) is 9.84 Å². The smallest absolute Gasteiger partial charge is 0.335 e. The molecular formula is C14H21NO3. The van der Waals surface area contributed by atoms with Gasteiger partial charge in [0, 0.05) is 18.7 Å². The summed E-state index contributed by atoms with van der Waals surface area (Å²) >= 11 is 0. The van der Waals surface area contributed by atoms with Gasteiger partial charge >= 0.3 is 5.97 Å². The lowest BCUT2D eigenvalue weighted by atomic mass is 10.1. The molecule has 1 aromatic carbocycles. The average molecular weight is 251 g/mol. The lowest BCUT2D eigenvalue weighted by Gasteiger charge is -2.26. The van der Waals surface area contributed by atoms with Crippen molar-refractivity contribution in [2.75, 3.05) is 13.2 Å². The second kappa shape index (κ2) is 6.52. The predicted molar refractivity (Wildman–Crippen MR) is 70.8 cm³/mol. The highest BCUT2D eigenvalue weighted by Gasteiger charge is 2.16. The third-order valence-corrected chi connectivity index (χ3v) is 2.61. The Morgan fingerprint density at radius 3 is 2.78 bits per heavy atom. The summed E-state index contributed by atoms with van der Waals surface area (Å²) in [5, 5.41) is 12.3. The zero-order valence-corrected chi connectivity index (χ0v) is 11.2. The summed E-state index contributed by atoms with van der Waals surface area (Å²) in [6.07, 6.45) is 0. The Morgan fingerprint density at radius 1 is 1.44 bits per heavy atom. The van der Waals surface area contributed by atoms with Crippen LogP contribution in [0.4, 0.5) is 0 Å². The zero-order valence-electron chi connectivity index (χ0n) is 11.2. The van der Waals surface area contributed by atoms with Gasteiger partial charge in [-0.3, -0.25) is 0 Å². The summed E-state index contributed by atoms with van der Waals surface area (Å²) in [5.74, 6) is -0.898. The number of aromatic carboxylic acids is 1. The molecule has 18 heavy (non-hydrogen) atoms. The standard InChI is InChI=1S/C14H21NO3/c1-4-18-10-14(2,3)15-9-11-6-5-7-12(8-11)13(16)17/h5-8,15H,4,9-10H2,1-3H3,(H,16,17). The molecule has 4 nitrogen and oxygen atoms in total. The molecule has 0 amide bonds. The van der Waals surface area contributed by atoms with Crippen molar-refractivity contribution >= 4 is 5.97 Å². The van der Waals surface area contributed by atoms with Crippen LogP contribution in [0.2, 0.25) is 0 Å². The number of ether oxygens (including phenoxy) is 1. The van der Waals surface area contributed by atoms with Gasteiger partial charge < -0.3 is 15.2 Å². The van der Waals surface area contributed by atoms with Gasteiger partial charge in [0.1, 0.15) is 0 Å². The second-order valence-electron chi connectivity index (χ2n) is 4.88. The normalized spacial score (nSPS) is 11.5. The van der Waals surface area contributed by atoms with E-state index in [0.29, 0.717) is 25.3 Å². The van der Waals surface area contributed by atoms with Crippen LogP contribution in [-0.2, 0) is 11.3 Å². The van der Waals surface area contributed by atoms with Crippen molar-refractivity contribution in [3.63, 3.8) is 0 Å². The molecule has 4 heteroatoms. The van der Waals surface area contributed by atoms with Gasteiger partial charge in [-0.25, -0.2) is 4.79 Å². The van der Waals surface area contributed by atoms with Crippen LogP contribution >= 0.6 is 0 Å². The van der Waals surface area contributed by atoms with E-state index in [0.717, 1.165) is 5.56 Å². The number of hydrogen-bond donors (Lipinski definition) is 2. The monoisotopic (exact) mass is 251 g/mol. The van der Waals surface area contributed by atoms with Crippen LogP contribution in [0, 0.1) is 0 Å². The third-order valence-electron chi connectivity index (χ3n) is 2.61. The van der Waals surface area contributed by atoms with Crippen LogP contribution in [0.3, 0.4) is 0 Å². The summed E-state index contributed by atoms with van der Waals surface area (Å²) in [6.45, 7) is 8.03. The third kappa shape index (κ3) is 4.85. The average Bonchev–Trinajstić information content (AvgIpc) is 2.34. The minimum Gasteiger partial charge on any atom is -0.478 e. The number of hydrogen-bond acceptors (Lipinski definition) is 3. The minimum atomic E-state index is -0.898. The van der Waals surface area contributed by atoms with E-state index in [1.807, 2.05) is 13.0 Å². The first-order valence-corrected chi connectivity index (χ1v) is 6.09. The van der Waals surface area contributed by atoms with Crippen molar-refractivity contribution in [2.45, 2.75) is 32.9 Å². The van der Waals surface area contributed by atoms with Gasteiger partial charge in [0.2, 0.25) is 0 Å². The summed E-state index contributed by atoms with van der Waals surface area (Å²) in [5.41, 5.74) is 1.14. The first-order chi connectivity index (χ1) is 8.44. The number of carboxylic acids is 1. The summed E-state index contributed by atoms with van der Waals surface area (Å²) in [7, 11) is 0. The molecular weight excluding hydrogens is 230 g/mol.